The minimum atomic E-state index is -1.11. The molecule has 0 amide bonds. The number of hydrogen-bond donors (Lipinski definition) is 1. The van der Waals surface area contributed by atoms with E-state index in [-0.39, 0.29) is 17.1 Å². The van der Waals surface area contributed by atoms with Crippen LogP contribution in [-0.2, 0) is 0 Å². The number of aromatic hydroxyl groups is 1. The molecule has 4 rings (SSSR count). The standard InChI is InChI=1S/C23H23FN4O/c1-4-23(3)7-5-19(24)18(11-23)14(2)22-26-13-20(27-28-22)17-9-15-6-8-25-12-16(15)10-21(17)29/h5-10,12-13,18-19,29H,2,4,11H2,1,3H3/t18-,19+,23+/m1/s1. The Balaban J connectivity index is 1.62. The molecule has 0 saturated heterocycles. The lowest BCUT2D eigenvalue weighted by Crippen LogP contribution is -2.29. The van der Waals surface area contributed by atoms with Gasteiger partial charge in [0.05, 0.1) is 6.20 Å². The molecule has 2 aromatic heterocycles. The third kappa shape index (κ3) is 3.62. The van der Waals surface area contributed by atoms with Gasteiger partial charge in [-0.05, 0) is 47.4 Å². The smallest absolute Gasteiger partial charge is 0.177 e. The van der Waals surface area contributed by atoms with Gasteiger partial charge in [0.25, 0.3) is 0 Å². The fourth-order valence-corrected chi connectivity index (χ4v) is 3.76. The molecule has 2 heterocycles. The lowest BCUT2D eigenvalue weighted by Gasteiger charge is -2.35. The van der Waals surface area contributed by atoms with Gasteiger partial charge in [-0.3, -0.25) is 4.98 Å². The summed E-state index contributed by atoms with van der Waals surface area (Å²) in [6.45, 7) is 8.28. The van der Waals surface area contributed by atoms with E-state index in [1.807, 2.05) is 18.2 Å². The molecule has 0 radical (unpaired) electrons. The minimum Gasteiger partial charge on any atom is -0.507 e. The average Bonchev–Trinajstić information content (AvgIpc) is 2.75. The van der Waals surface area contributed by atoms with Crippen molar-refractivity contribution in [3.63, 3.8) is 0 Å². The summed E-state index contributed by atoms with van der Waals surface area (Å²) >= 11 is 0. The topological polar surface area (TPSA) is 71.8 Å². The number of alkyl halides is 1. The predicted octanol–water partition coefficient (Wildman–Crippen LogP) is 5.14. The van der Waals surface area contributed by atoms with Gasteiger partial charge >= 0.3 is 0 Å². The minimum absolute atomic E-state index is 0.0602. The van der Waals surface area contributed by atoms with Gasteiger partial charge in [-0.15, -0.1) is 10.2 Å². The number of fused-ring (bicyclic) bond motifs is 1. The fourth-order valence-electron chi connectivity index (χ4n) is 3.76. The number of nitrogens with zero attached hydrogens (tertiary/aromatic N) is 4. The van der Waals surface area contributed by atoms with E-state index in [2.05, 4.69) is 40.6 Å². The van der Waals surface area contributed by atoms with Crippen molar-refractivity contribution < 1.29 is 9.50 Å². The van der Waals surface area contributed by atoms with Crippen molar-refractivity contribution in [2.24, 2.45) is 11.3 Å². The number of benzene rings is 1. The number of allylic oxidation sites excluding steroid dienone is 3. The summed E-state index contributed by atoms with van der Waals surface area (Å²) in [5.74, 6) is 0.0342. The van der Waals surface area contributed by atoms with E-state index < -0.39 is 6.17 Å². The molecule has 0 bridgehead atoms. The molecule has 6 heteroatoms. The third-order valence-corrected chi connectivity index (χ3v) is 5.89. The lowest BCUT2D eigenvalue weighted by molar-refractivity contribution is 0.224. The van der Waals surface area contributed by atoms with Gasteiger partial charge in [0.15, 0.2) is 5.82 Å². The quantitative estimate of drug-likeness (QED) is 0.625. The summed E-state index contributed by atoms with van der Waals surface area (Å²) in [5.41, 5.74) is 1.46. The number of phenols is 1. The third-order valence-electron chi connectivity index (χ3n) is 5.89. The molecule has 0 fully saturated rings. The number of aromatic nitrogens is 4. The van der Waals surface area contributed by atoms with Gasteiger partial charge in [0.1, 0.15) is 17.6 Å². The molecule has 0 saturated carbocycles. The van der Waals surface area contributed by atoms with Crippen LogP contribution in [0.25, 0.3) is 27.6 Å². The fraction of sp³-hybridized carbons (Fsp3) is 0.304. The molecule has 3 aromatic rings. The summed E-state index contributed by atoms with van der Waals surface area (Å²) in [4.78, 5) is 8.43. The van der Waals surface area contributed by atoms with Crippen LogP contribution in [0.3, 0.4) is 0 Å². The van der Waals surface area contributed by atoms with Crippen LogP contribution in [0.15, 0.2) is 55.5 Å². The van der Waals surface area contributed by atoms with Crippen molar-refractivity contribution in [2.75, 3.05) is 0 Å². The number of hydrogen-bond acceptors (Lipinski definition) is 5. The Kier molecular flexibility index (Phi) is 4.86. The maximum atomic E-state index is 14.5. The highest BCUT2D eigenvalue weighted by Crippen LogP contribution is 2.42. The van der Waals surface area contributed by atoms with Gasteiger partial charge in [0, 0.05) is 29.3 Å². The van der Waals surface area contributed by atoms with Crippen LogP contribution < -0.4 is 0 Å². The van der Waals surface area contributed by atoms with Crippen LogP contribution in [0.5, 0.6) is 5.75 Å². The van der Waals surface area contributed by atoms with Gasteiger partial charge in [-0.1, -0.05) is 32.6 Å². The van der Waals surface area contributed by atoms with E-state index in [9.17, 15) is 9.50 Å². The van der Waals surface area contributed by atoms with E-state index in [1.165, 1.54) is 0 Å². The molecule has 0 unspecified atom stereocenters. The van der Waals surface area contributed by atoms with Crippen LogP contribution in [0.1, 0.15) is 32.5 Å². The SMILES string of the molecule is C=C(c1ncc(-c2cc3ccncc3cc2O)nn1)[C@H]1C[C@@](C)(CC)C=C[C@@H]1F. The molecule has 5 nitrogen and oxygen atoms in total. The van der Waals surface area contributed by atoms with Crippen molar-refractivity contribution in [1.82, 2.24) is 20.2 Å². The molecule has 1 aliphatic rings. The second-order valence-corrected chi connectivity index (χ2v) is 7.91. The van der Waals surface area contributed by atoms with E-state index in [4.69, 9.17) is 0 Å². The highest BCUT2D eigenvalue weighted by Gasteiger charge is 2.35. The lowest BCUT2D eigenvalue weighted by atomic mass is 9.71. The molecule has 29 heavy (non-hydrogen) atoms. The second-order valence-electron chi connectivity index (χ2n) is 7.91. The molecular weight excluding hydrogens is 367 g/mol. The maximum absolute atomic E-state index is 14.5. The highest BCUT2D eigenvalue weighted by molar-refractivity contribution is 5.89. The Labute approximate surface area is 169 Å². The Bertz CT molecular complexity index is 1100. The summed E-state index contributed by atoms with van der Waals surface area (Å²) in [6.07, 6.45) is 8.97. The first kappa shape index (κ1) is 19.2. The zero-order chi connectivity index (χ0) is 20.6. The van der Waals surface area contributed by atoms with E-state index >= 15 is 0 Å². The summed E-state index contributed by atoms with van der Waals surface area (Å²) in [6, 6.07) is 5.32. The molecule has 1 aliphatic carbocycles. The average molecular weight is 390 g/mol. The normalized spacial score (nSPS) is 24.0. The summed E-state index contributed by atoms with van der Waals surface area (Å²) < 4.78 is 14.5. The van der Waals surface area contributed by atoms with Crippen LogP contribution in [-0.4, -0.2) is 31.4 Å². The van der Waals surface area contributed by atoms with E-state index in [1.54, 1.807) is 30.7 Å². The first-order valence-electron chi connectivity index (χ1n) is 9.69. The van der Waals surface area contributed by atoms with Crippen molar-refractivity contribution in [3.8, 4) is 17.0 Å². The van der Waals surface area contributed by atoms with Crippen LogP contribution in [0.4, 0.5) is 4.39 Å². The molecule has 1 N–H and O–H groups in total. The Morgan fingerprint density at radius 2 is 2.10 bits per heavy atom. The molecule has 1 aromatic carbocycles. The van der Waals surface area contributed by atoms with Crippen molar-refractivity contribution >= 4 is 16.3 Å². The summed E-state index contributed by atoms with van der Waals surface area (Å²) in [7, 11) is 0. The maximum Gasteiger partial charge on any atom is 0.177 e. The van der Waals surface area contributed by atoms with Gasteiger partial charge < -0.3 is 5.11 Å². The van der Waals surface area contributed by atoms with Crippen LogP contribution in [0.2, 0.25) is 0 Å². The molecule has 3 atom stereocenters. The molecule has 0 aliphatic heterocycles. The summed E-state index contributed by atoms with van der Waals surface area (Å²) in [5, 5.41) is 20.5. The monoisotopic (exact) mass is 390 g/mol. The molecule has 148 valence electrons. The van der Waals surface area contributed by atoms with Gasteiger partial charge in [0.2, 0.25) is 0 Å². The predicted molar refractivity (Wildman–Crippen MR) is 112 cm³/mol. The van der Waals surface area contributed by atoms with Crippen LogP contribution >= 0.6 is 0 Å². The Morgan fingerprint density at radius 3 is 2.83 bits per heavy atom. The Morgan fingerprint density at radius 1 is 1.28 bits per heavy atom. The largest absolute Gasteiger partial charge is 0.507 e. The van der Waals surface area contributed by atoms with Crippen molar-refractivity contribution in [2.45, 2.75) is 32.9 Å². The first-order chi connectivity index (χ1) is 13.9. The van der Waals surface area contributed by atoms with Crippen molar-refractivity contribution in [1.29, 1.82) is 0 Å². The zero-order valence-electron chi connectivity index (χ0n) is 16.5. The van der Waals surface area contributed by atoms with Gasteiger partial charge in [-0.25, -0.2) is 9.37 Å². The number of phenolic OH excluding ortho intramolecular Hbond substituents is 1. The number of pyridine rings is 1. The molecule has 0 spiro atoms. The first-order valence-corrected chi connectivity index (χ1v) is 9.69. The van der Waals surface area contributed by atoms with Gasteiger partial charge in [-0.2, -0.15) is 0 Å². The van der Waals surface area contributed by atoms with E-state index in [0.29, 0.717) is 29.1 Å². The molecular formula is C23H23FN4O. The van der Waals surface area contributed by atoms with Crippen LogP contribution in [0, 0.1) is 11.3 Å². The number of halogens is 1. The highest BCUT2D eigenvalue weighted by atomic mass is 19.1. The second kappa shape index (κ2) is 7.35. The zero-order valence-corrected chi connectivity index (χ0v) is 16.5. The van der Waals surface area contributed by atoms with E-state index in [0.717, 1.165) is 17.2 Å². The van der Waals surface area contributed by atoms with Crippen molar-refractivity contribution in [3.05, 3.63) is 61.3 Å². The Hall–Kier alpha value is -3.15. The number of rotatable bonds is 4.